The third-order valence-electron chi connectivity index (χ3n) is 4.38. The number of hydrazine groups is 1. The van der Waals surface area contributed by atoms with Crippen molar-refractivity contribution in [3.63, 3.8) is 0 Å². The number of hydrogen-bond acceptors (Lipinski definition) is 6. The average Bonchev–Trinajstić information content (AvgIpc) is 3.34. The number of imidazole rings is 1. The van der Waals surface area contributed by atoms with E-state index in [0.29, 0.717) is 0 Å². The fourth-order valence-corrected chi connectivity index (χ4v) is 3.76. The van der Waals surface area contributed by atoms with E-state index in [4.69, 9.17) is 4.74 Å². The summed E-state index contributed by atoms with van der Waals surface area (Å²) in [5.74, 6) is 1.72. The number of aromatic nitrogens is 2. The third-order valence-corrected chi connectivity index (χ3v) is 5.46. The van der Waals surface area contributed by atoms with E-state index in [1.54, 1.807) is 18.9 Å². The Hall–Kier alpha value is -2.48. The molecule has 1 aromatic heterocycles. The number of H-pyrrole nitrogens is 1. The molecule has 0 bridgehead atoms. The van der Waals surface area contributed by atoms with E-state index in [1.807, 2.05) is 60.1 Å². The summed E-state index contributed by atoms with van der Waals surface area (Å²) < 4.78 is 5.26. The Morgan fingerprint density at radius 1 is 1.15 bits per heavy atom. The van der Waals surface area contributed by atoms with Crippen LogP contribution in [0.4, 0.5) is 0 Å². The van der Waals surface area contributed by atoms with Crippen LogP contribution in [-0.2, 0) is 4.99 Å². The van der Waals surface area contributed by atoms with E-state index in [-0.39, 0.29) is 6.04 Å². The van der Waals surface area contributed by atoms with Gasteiger partial charge in [-0.15, -0.1) is 0 Å². The highest BCUT2D eigenvalue weighted by Crippen LogP contribution is 2.36. The summed E-state index contributed by atoms with van der Waals surface area (Å²) >= 11 is 1.66. The predicted molar refractivity (Wildman–Crippen MR) is 105 cm³/mol. The Labute approximate surface area is 156 Å². The van der Waals surface area contributed by atoms with Crippen molar-refractivity contribution in [2.45, 2.75) is 18.0 Å². The summed E-state index contributed by atoms with van der Waals surface area (Å²) in [6, 6.07) is 16.1. The average molecular weight is 367 g/mol. The number of nitrogens with one attached hydrogen (secondary N) is 4. The summed E-state index contributed by atoms with van der Waals surface area (Å²) in [7, 11) is 1.67. The van der Waals surface area contributed by atoms with Gasteiger partial charge in [0, 0.05) is 11.8 Å². The number of ether oxygens (including phenoxy) is 1. The van der Waals surface area contributed by atoms with Crippen molar-refractivity contribution in [2.24, 2.45) is 0 Å². The molecule has 3 aromatic rings. The molecule has 2 heterocycles. The van der Waals surface area contributed by atoms with Gasteiger partial charge in [0.05, 0.1) is 24.2 Å². The molecular formula is C19H21N5OS. The van der Waals surface area contributed by atoms with Crippen LogP contribution < -0.4 is 20.9 Å². The zero-order valence-corrected chi connectivity index (χ0v) is 15.4. The molecule has 134 valence electrons. The van der Waals surface area contributed by atoms with Crippen LogP contribution in [-0.4, -0.2) is 17.1 Å². The third kappa shape index (κ3) is 3.16. The number of methoxy groups -OCH3 is 1. The first-order valence-corrected chi connectivity index (χ1v) is 9.30. The smallest absolute Gasteiger partial charge is 0.179 e. The maximum atomic E-state index is 5.26. The van der Waals surface area contributed by atoms with Crippen molar-refractivity contribution in [1.29, 1.82) is 0 Å². The Balaban J connectivity index is 1.51. The lowest BCUT2D eigenvalue weighted by Gasteiger charge is -2.32. The van der Waals surface area contributed by atoms with Crippen molar-refractivity contribution in [2.75, 3.05) is 7.11 Å². The number of thioether (sulfide) groups is 1. The van der Waals surface area contributed by atoms with Gasteiger partial charge in [0.25, 0.3) is 0 Å². The standard InChI is InChI=1S/C19H21N5OS/c1-13(18-21-16-5-3-4-6-17(16)22-18)23-24-19(20-11-12-26-19)14-7-9-15(25-2)10-8-14/h3-13,20,23-24H,1-2H3,(H,21,22). The molecular weight excluding hydrogens is 346 g/mol. The van der Waals surface area contributed by atoms with Gasteiger partial charge in [-0.25, -0.2) is 15.8 Å². The van der Waals surface area contributed by atoms with Crippen molar-refractivity contribution in [3.05, 3.63) is 71.5 Å². The molecule has 0 amide bonds. The second-order valence-corrected chi connectivity index (χ2v) is 7.23. The van der Waals surface area contributed by atoms with E-state index in [1.165, 1.54) is 0 Å². The maximum Gasteiger partial charge on any atom is 0.179 e. The molecule has 0 aliphatic carbocycles. The van der Waals surface area contributed by atoms with Gasteiger partial charge in [0.1, 0.15) is 11.6 Å². The molecule has 4 N–H and O–H groups in total. The van der Waals surface area contributed by atoms with Crippen LogP contribution in [0.25, 0.3) is 11.0 Å². The molecule has 1 aliphatic rings. The number of nitrogens with zero attached hydrogens (tertiary/aromatic N) is 1. The molecule has 4 rings (SSSR count). The molecule has 6 nitrogen and oxygen atoms in total. The minimum Gasteiger partial charge on any atom is -0.497 e. The van der Waals surface area contributed by atoms with E-state index < -0.39 is 4.99 Å². The first-order valence-electron chi connectivity index (χ1n) is 8.42. The SMILES string of the molecule is COc1ccc(C2(NNC(C)c3nc4ccccc4[nH]3)NC=CS2)cc1. The Morgan fingerprint density at radius 3 is 2.65 bits per heavy atom. The topological polar surface area (TPSA) is 74.0 Å². The maximum absolute atomic E-state index is 5.26. The number of benzene rings is 2. The van der Waals surface area contributed by atoms with Crippen LogP contribution in [0.1, 0.15) is 24.4 Å². The highest BCUT2D eigenvalue weighted by atomic mass is 32.2. The highest BCUT2D eigenvalue weighted by molar-refractivity contribution is 8.03. The number of fused-ring (bicyclic) bond motifs is 1. The first kappa shape index (κ1) is 17.0. The Bertz CT molecular complexity index is 880. The predicted octanol–water partition coefficient (Wildman–Crippen LogP) is 3.34. The normalized spacial score (nSPS) is 20.2. The minimum atomic E-state index is -0.480. The van der Waals surface area contributed by atoms with Gasteiger partial charge in [-0.3, -0.25) is 0 Å². The summed E-state index contributed by atoms with van der Waals surface area (Å²) in [6.45, 7) is 2.07. The summed E-state index contributed by atoms with van der Waals surface area (Å²) in [5, 5.41) is 5.43. The number of para-hydroxylation sites is 2. The second-order valence-electron chi connectivity index (χ2n) is 6.10. The lowest BCUT2D eigenvalue weighted by Crippen LogP contribution is -2.54. The monoisotopic (exact) mass is 367 g/mol. The minimum absolute atomic E-state index is 0.000485. The molecule has 2 atom stereocenters. The number of rotatable bonds is 6. The molecule has 1 aliphatic heterocycles. The molecule has 7 heteroatoms. The lowest BCUT2D eigenvalue weighted by atomic mass is 10.1. The van der Waals surface area contributed by atoms with Crippen LogP contribution in [0, 0.1) is 0 Å². The van der Waals surface area contributed by atoms with E-state index >= 15 is 0 Å². The van der Waals surface area contributed by atoms with Crippen molar-refractivity contribution < 1.29 is 4.74 Å². The Morgan fingerprint density at radius 2 is 1.96 bits per heavy atom. The second kappa shape index (κ2) is 7.03. The van der Waals surface area contributed by atoms with Crippen molar-refractivity contribution >= 4 is 22.8 Å². The van der Waals surface area contributed by atoms with Gasteiger partial charge < -0.3 is 15.0 Å². The van der Waals surface area contributed by atoms with Crippen molar-refractivity contribution in [3.8, 4) is 5.75 Å². The van der Waals surface area contributed by atoms with Gasteiger partial charge in [0.15, 0.2) is 4.99 Å². The fraction of sp³-hybridized carbons (Fsp3) is 0.211. The van der Waals surface area contributed by atoms with Gasteiger partial charge in [0.2, 0.25) is 0 Å². The zero-order chi connectivity index (χ0) is 18.0. The molecule has 0 saturated carbocycles. The molecule has 2 unspecified atom stereocenters. The van der Waals surface area contributed by atoms with Crippen molar-refractivity contribution in [1.82, 2.24) is 26.1 Å². The van der Waals surface area contributed by atoms with Crippen LogP contribution in [0.15, 0.2) is 60.1 Å². The van der Waals surface area contributed by atoms with Gasteiger partial charge in [-0.05, 0) is 36.6 Å². The first-order chi connectivity index (χ1) is 12.7. The summed E-state index contributed by atoms with van der Waals surface area (Å²) in [6.07, 6.45) is 1.94. The molecule has 2 aromatic carbocycles. The van der Waals surface area contributed by atoms with Gasteiger partial charge in [-0.1, -0.05) is 36.0 Å². The van der Waals surface area contributed by atoms with E-state index in [9.17, 15) is 0 Å². The van der Waals surface area contributed by atoms with E-state index in [2.05, 4.69) is 33.1 Å². The highest BCUT2D eigenvalue weighted by Gasteiger charge is 2.34. The van der Waals surface area contributed by atoms with E-state index in [0.717, 1.165) is 28.2 Å². The lowest BCUT2D eigenvalue weighted by molar-refractivity contribution is 0.337. The molecule has 0 spiro atoms. The van der Waals surface area contributed by atoms with Gasteiger partial charge >= 0.3 is 0 Å². The van der Waals surface area contributed by atoms with Crippen LogP contribution in [0.3, 0.4) is 0 Å². The van der Waals surface area contributed by atoms with Gasteiger partial charge in [-0.2, -0.15) is 0 Å². The molecule has 26 heavy (non-hydrogen) atoms. The number of aromatic amines is 1. The zero-order valence-electron chi connectivity index (χ0n) is 14.6. The summed E-state index contributed by atoms with van der Waals surface area (Å²) in [4.78, 5) is 7.54. The molecule has 0 fully saturated rings. The number of hydrogen-bond donors (Lipinski definition) is 4. The summed E-state index contributed by atoms with van der Waals surface area (Å²) in [5.41, 5.74) is 9.90. The molecule has 0 saturated heterocycles. The van der Waals surface area contributed by atoms with Crippen LogP contribution in [0.2, 0.25) is 0 Å². The quantitative estimate of drug-likeness (QED) is 0.501. The Kier molecular flexibility index (Phi) is 4.58. The largest absolute Gasteiger partial charge is 0.497 e. The fourth-order valence-electron chi connectivity index (χ4n) is 2.89. The van der Waals surface area contributed by atoms with Crippen LogP contribution in [0.5, 0.6) is 5.75 Å². The molecule has 0 radical (unpaired) electrons. The van der Waals surface area contributed by atoms with Crippen LogP contribution >= 0.6 is 11.8 Å².